The molecule has 0 fully saturated rings. The standard InChI is InChI=1S/C12H10N2O2S/c1-8-9(12(15)16)5-6-11(14-8)17-10-4-2-3-7-13-10/h2-7H,1H3,(H,15,16). The second kappa shape index (κ2) is 4.97. The van der Waals surface area contributed by atoms with Crippen LogP contribution in [0.5, 0.6) is 0 Å². The van der Waals surface area contributed by atoms with Gasteiger partial charge in [-0.05, 0) is 31.2 Å². The third-order valence-electron chi connectivity index (χ3n) is 2.14. The molecule has 0 unspecified atom stereocenters. The van der Waals surface area contributed by atoms with Crippen LogP contribution in [-0.2, 0) is 0 Å². The highest BCUT2D eigenvalue weighted by atomic mass is 32.2. The van der Waals surface area contributed by atoms with Gasteiger partial charge in [0.1, 0.15) is 10.1 Å². The Bertz CT molecular complexity index is 543. The summed E-state index contributed by atoms with van der Waals surface area (Å²) in [5.74, 6) is -0.954. The van der Waals surface area contributed by atoms with E-state index in [4.69, 9.17) is 5.11 Å². The molecule has 0 aliphatic rings. The Kier molecular flexibility index (Phi) is 3.39. The number of hydrogen-bond donors (Lipinski definition) is 1. The number of carboxylic acids is 1. The van der Waals surface area contributed by atoms with Gasteiger partial charge in [-0.1, -0.05) is 17.8 Å². The first kappa shape index (κ1) is 11.6. The second-order valence-electron chi connectivity index (χ2n) is 3.36. The highest BCUT2D eigenvalue weighted by Crippen LogP contribution is 2.24. The van der Waals surface area contributed by atoms with E-state index < -0.39 is 5.97 Å². The van der Waals surface area contributed by atoms with Gasteiger partial charge in [-0.25, -0.2) is 14.8 Å². The Labute approximate surface area is 103 Å². The van der Waals surface area contributed by atoms with Crippen molar-refractivity contribution < 1.29 is 9.90 Å². The second-order valence-corrected chi connectivity index (χ2v) is 4.40. The maximum Gasteiger partial charge on any atom is 0.337 e. The topological polar surface area (TPSA) is 63.1 Å². The molecule has 2 aromatic heterocycles. The predicted octanol–water partition coefficient (Wildman–Crippen LogP) is 2.63. The monoisotopic (exact) mass is 246 g/mol. The summed E-state index contributed by atoms with van der Waals surface area (Å²) >= 11 is 1.41. The summed E-state index contributed by atoms with van der Waals surface area (Å²) in [5, 5.41) is 10.5. The Morgan fingerprint density at radius 2 is 2.06 bits per heavy atom. The molecule has 4 nitrogen and oxygen atoms in total. The summed E-state index contributed by atoms with van der Waals surface area (Å²) in [4.78, 5) is 19.2. The SMILES string of the molecule is Cc1nc(Sc2ccccn2)ccc1C(=O)O. The fraction of sp³-hybridized carbons (Fsp3) is 0.0833. The molecule has 0 atom stereocenters. The van der Waals surface area contributed by atoms with Crippen molar-refractivity contribution >= 4 is 17.7 Å². The van der Waals surface area contributed by atoms with E-state index in [1.54, 1.807) is 25.3 Å². The van der Waals surface area contributed by atoms with E-state index in [9.17, 15) is 4.79 Å². The molecule has 2 aromatic rings. The van der Waals surface area contributed by atoms with Crippen LogP contribution < -0.4 is 0 Å². The maximum absolute atomic E-state index is 10.8. The summed E-state index contributed by atoms with van der Waals surface area (Å²) in [6.07, 6.45) is 1.71. The summed E-state index contributed by atoms with van der Waals surface area (Å²) in [5.41, 5.74) is 0.744. The molecule has 0 amide bonds. The molecule has 2 rings (SSSR count). The van der Waals surface area contributed by atoms with Gasteiger partial charge in [-0.3, -0.25) is 0 Å². The lowest BCUT2D eigenvalue weighted by Gasteiger charge is -2.03. The van der Waals surface area contributed by atoms with Crippen molar-refractivity contribution in [3.05, 3.63) is 47.8 Å². The summed E-state index contributed by atoms with van der Waals surface area (Å²) < 4.78 is 0. The van der Waals surface area contributed by atoms with Crippen LogP contribution in [0.4, 0.5) is 0 Å². The number of aromatic carboxylic acids is 1. The smallest absolute Gasteiger partial charge is 0.337 e. The first-order valence-electron chi connectivity index (χ1n) is 4.96. The molecule has 0 aliphatic heterocycles. The minimum absolute atomic E-state index is 0.232. The van der Waals surface area contributed by atoms with Gasteiger partial charge in [-0.2, -0.15) is 0 Å². The summed E-state index contributed by atoms with van der Waals surface area (Å²) in [6.45, 7) is 1.69. The third kappa shape index (κ3) is 2.82. The number of rotatable bonds is 3. The Balaban J connectivity index is 2.24. The minimum atomic E-state index is -0.954. The zero-order valence-corrected chi connectivity index (χ0v) is 9.94. The van der Waals surface area contributed by atoms with Crippen molar-refractivity contribution in [1.82, 2.24) is 9.97 Å². The van der Waals surface area contributed by atoms with Crippen LogP contribution in [0.25, 0.3) is 0 Å². The zero-order valence-electron chi connectivity index (χ0n) is 9.12. The van der Waals surface area contributed by atoms with Crippen LogP contribution in [-0.4, -0.2) is 21.0 Å². The van der Waals surface area contributed by atoms with E-state index in [0.29, 0.717) is 5.69 Å². The molecule has 0 aliphatic carbocycles. The molecule has 1 N–H and O–H groups in total. The average Bonchev–Trinajstić information content (AvgIpc) is 2.30. The van der Waals surface area contributed by atoms with Crippen LogP contribution in [0.15, 0.2) is 46.6 Å². The Hall–Kier alpha value is -1.88. The highest BCUT2D eigenvalue weighted by molar-refractivity contribution is 7.99. The molecular weight excluding hydrogens is 236 g/mol. The fourth-order valence-corrected chi connectivity index (χ4v) is 2.13. The molecule has 2 heterocycles. The van der Waals surface area contributed by atoms with Gasteiger partial charge in [0.15, 0.2) is 0 Å². The van der Waals surface area contributed by atoms with E-state index in [0.717, 1.165) is 10.1 Å². The number of hydrogen-bond acceptors (Lipinski definition) is 4. The molecule has 0 saturated heterocycles. The molecule has 0 spiro atoms. The van der Waals surface area contributed by atoms with Crippen molar-refractivity contribution in [2.45, 2.75) is 17.0 Å². The quantitative estimate of drug-likeness (QED) is 0.902. The van der Waals surface area contributed by atoms with Gasteiger partial charge >= 0.3 is 5.97 Å². The normalized spacial score (nSPS) is 10.2. The van der Waals surface area contributed by atoms with Crippen molar-refractivity contribution in [2.75, 3.05) is 0 Å². The van der Waals surface area contributed by atoms with Crippen LogP contribution in [0, 0.1) is 6.92 Å². The molecule has 0 bridgehead atoms. The number of aryl methyl sites for hydroxylation is 1. The van der Waals surface area contributed by atoms with E-state index in [2.05, 4.69) is 9.97 Å². The van der Waals surface area contributed by atoms with Crippen molar-refractivity contribution in [2.24, 2.45) is 0 Å². The van der Waals surface area contributed by atoms with E-state index in [1.165, 1.54) is 11.8 Å². The van der Waals surface area contributed by atoms with Crippen molar-refractivity contribution in [3.8, 4) is 0 Å². The zero-order chi connectivity index (χ0) is 12.3. The first-order valence-corrected chi connectivity index (χ1v) is 5.78. The lowest BCUT2D eigenvalue weighted by molar-refractivity contribution is 0.0695. The van der Waals surface area contributed by atoms with Gasteiger partial charge in [0.05, 0.1) is 11.3 Å². The number of pyridine rings is 2. The predicted molar refractivity (Wildman–Crippen MR) is 64.3 cm³/mol. The largest absolute Gasteiger partial charge is 0.478 e. The van der Waals surface area contributed by atoms with Crippen LogP contribution in [0.1, 0.15) is 16.1 Å². The van der Waals surface area contributed by atoms with Gasteiger partial charge in [0.25, 0.3) is 0 Å². The lowest BCUT2D eigenvalue weighted by Crippen LogP contribution is -2.01. The van der Waals surface area contributed by atoms with Crippen LogP contribution >= 0.6 is 11.8 Å². The summed E-state index contributed by atoms with van der Waals surface area (Å²) in [6, 6.07) is 8.88. The number of carbonyl (C=O) groups is 1. The molecule has 0 saturated carbocycles. The minimum Gasteiger partial charge on any atom is -0.478 e. The van der Waals surface area contributed by atoms with Gasteiger partial charge in [0.2, 0.25) is 0 Å². The Morgan fingerprint density at radius 3 is 2.65 bits per heavy atom. The van der Waals surface area contributed by atoms with Crippen LogP contribution in [0.2, 0.25) is 0 Å². The molecule has 86 valence electrons. The van der Waals surface area contributed by atoms with Gasteiger partial charge in [-0.15, -0.1) is 0 Å². The third-order valence-corrected chi connectivity index (χ3v) is 3.02. The number of aromatic nitrogens is 2. The fourth-order valence-electron chi connectivity index (χ4n) is 1.34. The maximum atomic E-state index is 10.8. The highest BCUT2D eigenvalue weighted by Gasteiger charge is 2.09. The van der Waals surface area contributed by atoms with Crippen molar-refractivity contribution in [3.63, 3.8) is 0 Å². The average molecular weight is 246 g/mol. The number of nitrogens with zero attached hydrogens (tertiary/aromatic N) is 2. The van der Waals surface area contributed by atoms with Crippen LogP contribution in [0.3, 0.4) is 0 Å². The van der Waals surface area contributed by atoms with E-state index in [-0.39, 0.29) is 5.56 Å². The lowest BCUT2D eigenvalue weighted by atomic mass is 10.2. The Morgan fingerprint density at radius 1 is 1.24 bits per heavy atom. The van der Waals surface area contributed by atoms with E-state index in [1.807, 2.05) is 18.2 Å². The number of carboxylic acid groups (broad SMARTS) is 1. The first-order chi connectivity index (χ1) is 8.16. The van der Waals surface area contributed by atoms with Crippen molar-refractivity contribution in [1.29, 1.82) is 0 Å². The van der Waals surface area contributed by atoms with Gasteiger partial charge in [0, 0.05) is 6.20 Å². The molecule has 5 heteroatoms. The molecular formula is C12H10N2O2S. The molecule has 0 aromatic carbocycles. The van der Waals surface area contributed by atoms with Gasteiger partial charge < -0.3 is 5.11 Å². The van der Waals surface area contributed by atoms with E-state index >= 15 is 0 Å². The summed E-state index contributed by atoms with van der Waals surface area (Å²) in [7, 11) is 0. The molecule has 0 radical (unpaired) electrons. The molecule has 17 heavy (non-hydrogen) atoms.